The maximum atomic E-state index is 9.88. The van der Waals surface area contributed by atoms with Crippen molar-refractivity contribution in [2.75, 3.05) is 5.73 Å². The van der Waals surface area contributed by atoms with E-state index < -0.39 is 6.10 Å². The standard InChI is InChI=1S/C12H20N2O/c1-2-3-4-5-8-11(15)10-7-6-9-14-12(10)13/h6-7,9,11,15H,2-5,8H2,1H3,(H2,13,14). The van der Waals surface area contributed by atoms with Gasteiger partial charge in [0, 0.05) is 11.8 Å². The molecule has 0 aliphatic carbocycles. The van der Waals surface area contributed by atoms with Crippen molar-refractivity contribution in [1.29, 1.82) is 0 Å². The Hall–Kier alpha value is -1.09. The van der Waals surface area contributed by atoms with Gasteiger partial charge in [-0.1, -0.05) is 38.7 Å². The molecule has 0 saturated heterocycles. The highest BCUT2D eigenvalue weighted by atomic mass is 16.3. The van der Waals surface area contributed by atoms with E-state index in [0.29, 0.717) is 5.82 Å². The van der Waals surface area contributed by atoms with Crippen molar-refractivity contribution in [3.63, 3.8) is 0 Å². The van der Waals surface area contributed by atoms with Crippen LogP contribution in [0.5, 0.6) is 0 Å². The SMILES string of the molecule is CCCCCCC(O)c1cccnc1N. The zero-order chi connectivity index (χ0) is 11.1. The van der Waals surface area contributed by atoms with Crippen LogP contribution in [0.15, 0.2) is 18.3 Å². The van der Waals surface area contributed by atoms with Crippen molar-refractivity contribution >= 4 is 5.82 Å². The minimum atomic E-state index is -0.462. The number of anilines is 1. The number of aliphatic hydroxyl groups is 1. The van der Waals surface area contributed by atoms with Crippen LogP contribution in [0.2, 0.25) is 0 Å². The lowest BCUT2D eigenvalue weighted by Crippen LogP contribution is -2.03. The molecule has 0 amide bonds. The molecule has 84 valence electrons. The van der Waals surface area contributed by atoms with E-state index in [1.54, 1.807) is 12.3 Å². The zero-order valence-corrected chi connectivity index (χ0v) is 9.32. The van der Waals surface area contributed by atoms with E-state index in [0.717, 1.165) is 18.4 Å². The van der Waals surface area contributed by atoms with Crippen LogP contribution < -0.4 is 5.73 Å². The maximum Gasteiger partial charge on any atom is 0.129 e. The average molecular weight is 208 g/mol. The van der Waals surface area contributed by atoms with Crippen molar-refractivity contribution in [2.45, 2.75) is 45.1 Å². The molecule has 3 nitrogen and oxygen atoms in total. The van der Waals surface area contributed by atoms with Crippen LogP contribution in [0.25, 0.3) is 0 Å². The number of aromatic nitrogens is 1. The number of pyridine rings is 1. The number of hydrogen-bond acceptors (Lipinski definition) is 3. The van der Waals surface area contributed by atoms with Crippen molar-refractivity contribution in [3.8, 4) is 0 Å². The van der Waals surface area contributed by atoms with Crippen LogP contribution in [0.1, 0.15) is 50.7 Å². The fourth-order valence-corrected chi connectivity index (χ4v) is 1.63. The van der Waals surface area contributed by atoms with E-state index >= 15 is 0 Å². The summed E-state index contributed by atoms with van der Waals surface area (Å²) < 4.78 is 0. The van der Waals surface area contributed by atoms with Gasteiger partial charge >= 0.3 is 0 Å². The predicted molar refractivity (Wildman–Crippen MR) is 62.4 cm³/mol. The zero-order valence-electron chi connectivity index (χ0n) is 9.32. The normalized spacial score (nSPS) is 12.7. The molecule has 15 heavy (non-hydrogen) atoms. The quantitative estimate of drug-likeness (QED) is 0.706. The van der Waals surface area contributed by atoms with Gasteiger partial charge in [-0.3, -0.25) is 0 Å². The van der Waals surface area contributed by atoms with Gasteiger partial charge in [0.05, 0.1) is 6.10 Å². The Labute approximate surface area is 91.3 Å². The molecular formula is C12H20N2O. The fourth-order valence-electron chi connectivity index (χ4n) is 1.63. The van der Waals surface area contributed by atoms with Gasteiger partial charge in [0.1, 0.15) is 5.82 Å². The summed E-state index contributed by atoms with van der Waals surface area (Å²) in [6.07, 6.45) is 6.62. The van der Waals surface area contributed by atoms with Gasteiger partial charge < -0.3 is 10.8 Å². The van der Waals surface area contributed by atoms with Gasteiger partial charge in [0.15, 0.2) is 0 Å². The molecule has 0 aromatic carbocycles. The van der Waals surface area contributed by atoms with E-state index in [9.17, 15) is 5.11 Å². The predicted octanol–water partition coefficient (Wildman–Crippen LogP) is 2.67. The molecule has 1 unspecified atom stereocenters. The fraction of sp³-hybridized carbons (Fsp3) is 0.583. The third kappa shape index (κ3) is 3.88. The molecule has 1 aromatic rings. The summed E-state index contributed by atoms with van der Waals surface area (Å²) >= 11 is 0. The van der Waals surface area contributed by atoms with Gasteiger partial charge in [0.2, 0.25) is 0 Å². The minimum Gasteiger partial charge on any atom is -0.388 e. The molecular weight excluding hydrogens is 188 g/mol. The molecule has 0 radical (unpaired) electrons. The van der Waals surface area contributed by atoms with Crippen LogP contribution >= 0.6 is 0 Å². The molecule has 1 heterocycles. The van der Waals surface area contributed by atoms with Crippen molar-refractivity contribution in [1.82, 2.24) is 4.98 Å². The molecule has 1 rings (SSSR count). The highest BCUT2D eigenvalue weighted by molar-refractivity contribution is 5.39. The second kappa shape index (κ2) is 6.40. The minimum absolute atomic E-state index is 0.445. The number of rotatable bonds is 6. The molecule has 0 aliphatic heterocycles. The Morgan fingerprint density at radius 2 is 2.20 bits per heavy atom. The third-order valence-electron chi connectivity index (χ3n) is 2.56. The van der Waals surface area contributed by atoms with Crippen LogP contribution in [-0.2, 0) is 0 Å². The number of nitrogens with two attached hydrogens (primary N) is 1. The lowest BCUT2D eigenvalue weighted by Gasteiger charge is -2.11. The average Bonchev–Trinajstić information content (AvgIpc) is 2.25. The monoisotopic (exact) mass is 208 g/mol. The molecule has 1 aromatic heterocycles. The van der Waals surface area contributed by atoms with E-state index in [-0.39, 0.29) is 0 Å². The Morgan fingerprint density at radius 1 is 1.40 bits per heavy atom. The molecule has 0 fully saturated rings. The van der Waals surface area contributed by atoms with Crippen LogP contribution in [0.4, 0.5) is 5.82 Å². The summed E-state index contributed by atoms with van der Waals surface area (Å²) in [6.45, 7) is 2.18. The number of nitrogen functional groups attached to an aromatic ring is 1. The van der Waals surface area contributed by atoms with Gasteiger partial charge in [0.25, 0.3) is 0 Å². The summed E-state index contributed by atoms with van der Waals surface area (Å²) in [6, 6.07) is 3.65. The van der Waals surface area contributed by atoms with Crippen LogP contribution in [0, 0.1) is 0 Å². The van der Waals surface area contributed by atoms with Gasteiger partial charge in [-0.05, 0) is 12.5 Å². The topological polar surface area (TPSA) is 59.1 Å². The van der Waals surface area contributed by atoms with Gasteiger partial charge in [-0.2, -0.15) is 0 Å². The smallest absolute Gasteiger partial charge is 0.129 e. The van der Waals surface area contributed by atoms with E-state index in [2.05, 4.69) is 11.9 Å². The van der Waals surface area contributed by atoms with Crippen molar-refractivity contribution < 1.29 is 5.11 Å². The first-order valence-corrected chi connectivity index (χ1v) is 5.64. The molecule has 0 bridgehead atoms. The first-order valence-electron chi connectivity index (χ1n) is 5.64. The number of aliphatic hydroxyl groups excluding tert-OH is 1. The Balaban J connectivity index is 2.40. The lowest BCUT2D eigenvalue weighted by molar-refractivity contribution is 0.164. The Morgan fingerprint density at radius 3 is 2.87 bits per heavy atom. The van der Waals surface area contributed by atoms with Crippen LogP contribution in [-0.4, -0.2) is 10.1 Å². The van der Waals surface area contributed by atoms with Crippen molar-refractivity contribution in [3.05, 3.63) is 23.9 Å². The first kappa shape index (κ1) is 12.0. The molecule has 1 atom stereocenters. The summed E-state index contributed by atoms with van der Waals surface area (Å²) in [5.41, 5.74) is 6.44. The molecule has 0 saturated carbocycles. The first-order chi connectivity index (χ1) is 7.25. The molecule has 0 aliphatic rings. The lowest BCUT2D eigenvalue weighted by atomic mass is 10.0. The number of unbranched alkanes of at least 4 members (excludes halogenated alkanes) is 3. The molecule has 0 spiro atoms. The van der Waals surface area contributed by atoms with Gasteiger partial charge in [-0.25, -0.2) is 4.98 Å². The maximum absolute atomic E-state index is 9.88. The van der Waals surface area contributed by atoms with Gasteiger partial charge in [-0.15, -0.1) is 0 Å². The van der Waals surface area contributed by atoms with E-state index in [1.165, 1.54) is 19.3 Å². The Bertz CT molecular complexity index is 289. The van der Waals surface area contributed by atoms with E-state index in [1.807, 2.05) is 6.07 Å². The summed E-state index contributed by atoms with van der Waals surface area (Å²) in [5.74, 6) is 0.445. The highest BCUT2D eigenvalue weighted by Crippen LogP contribution is 2.23. The largest absolute Gasteiger partial charge is 0.388 e. The van der Waals surface area contributed by atoms with Crippen LogP contribution in [0.3, 0.4) is 0 Å². The number of hydrogen-bond donors (Lipinski definition) is 2. The second-order valence-electron chi connectivity index (χ2n) is 3.84. The summed E-state index contributed by atoms with van der Waals surface area (Å²) in [4.78, 5) is 3.96. The second-order valence-corrected chi connectivity index (χ2v) is 3.84. The third-order valence-corrected chi connectivity index (χ3v) is 2.56. The Kier molecular flexibility index (Phi) is 5.12. The molecule has 3 N–H and O–H groups in total. The van der Waals surface area contributed by atoms with E-state index in [4.69, 9.17) is 5.73 Å². The summed E-state index contributed by atoms with van der Waals surface area (Å²) in [5, 5.41) is 9.88. The van der Waals surface area contributed by atoms with Crippen molar-refractivity contribution in [2.24, 2.45) is 0 Å². The summed E-state index contributed by atoms with van der Waals surface area (Å²) in [7, 11) is 0. The number of nitrogens with zero attached hydrogens (tertiary/aromatic N) is 1. The highest BCUT2D eigenvalue weighted by Gasteiger charge is 2.10. The molecule has 3 heteroatoms.